The summed E-state index contributed by atoms with van der Waals surface area (Å²) in [7, 11) is 0. The van der Waals surface area contributed by atoms with Crippen LogP contribution in [0.3, 0.4) is 0 Å². The van der Waals surface area contributed by atoms with Crippen LogP contribution in [0.15, 0.2) is 12.1 Å². The van der Waals surface area contributed by atoms with Crippen LogP contribution in [0, 0.1) is 11.3 Å². The number of carbonyl (C=O) groups is 1. The van der Waals surface area contributed by atoms with Crippen molar-refractivity contribution in [1.29, 1.82) is 5.26 Å². The predicted molar refractivity (Wildman–Crippen MR) is 49.8 cm³/mol. The number of hydrogen-bond donors (Lipinski definition) is 1. The van der Waals surface area contributed by atoms with Crippen molar-refractivity contribution in [3.05, 3.63) is 27.7 Å². The molecule has 0 aliphatic rings. The highest BCUT2D eigenvalue weighted by Gasteiger charge is 2.12. The fourth-order valence-corrected chi connectivity index (χ4v) is 1.37. The Bertz CT molecular complexity index is 402. The molecule has 0 aliphatic heterocycles. The maximum Gasteiger partial charge on any atom is 0.511 e. The molecule has 0 amide bonds. The van der Waals surface area contributed by atoms with Gasteiger partial charge in [0.05, 0.1) is 21.7 Å². The number of benzene rings is 1. The Morgan fingerprint density at radius 3 is 2.29 bits per heavy atom. The van der Waals surface area contributed by atoms with Crippen LogP contribution in [0.4, 0.5) is 4.79 Å². The molecule has 72 valence electrons. The average molecular weight is 232 g/mol. The molecule has 14 heavy (non-hydrogen) atoms. The number of ether oxygens (including phenoxy) is 1. The van der Waals surface area contributed by atoms with E-state index >= 15 is 0 Å². The monoisotopic (exact) mass is 231 g/mol. The second kappa shape index (κ2) is 4.18. The molecule has 0 fully saturated rings. The number of nitrogens with zero attached hydrogens (tertiary/aromatic N) is 1. The van der Waals surface area contributed by atoms with Crippen LogP contribution in [0.2, 0.25) is 10.0 Å². The molecule has 0 unspecified atom stereocenters. The molecule has 0 heterocycles. The van der Waals surface area contributed by atoms with E-state index in [4.69, 9.17) is 33.6 Å². The molecule has 0 aromatic heterocycles. The van der Waals surface area contributed by atoms with Gasteiger partial charge in [-0.15, -0.1) is 0 Å². The van der Waals surface area contributed by atoms with Crippen LogP contribution >= 0.6 is 23.2 Å². The van der Waals surface area contributed by atoms with E-state index in [0.29, 0.717) is 0 Å². The summed E-state index contributed by atoms with van der Waals surface area (Å²) in [5, 5.41) is 16.8. The van der Waals surface area contributed by atoms with Crippen molar-refractivity contribution < 1.29 is 14.6 Å². The highest BCUT2D eigenvalue weighted by atomic mass is 35.5. The summed E-state index contributed by atoms with van der Waals surface area (Å²) >= 11 is 11.3. The fraction of sp³-hybridized carbons (Fsp3) is 0. The van der Waals surface area contributed by atoms with Crippen LogP contribution in [0.5, 0.6) is 5.75 Å². The first-order chi connectivity index (χ1) is 6.54. The van der Waals surface area contributed by atoms with Crippen molar-refractivity contribution in [2.75, 3.05) is 0 Å². The third kappa shape index (κ3) is 2.28. The van der Waals surface area contributed by atoms with Crippen LogP contribution in [0.25, 0.3) is 0 Å². The van der Waals surface area contributed by atoms with Gasteiger partial charge in [-0.2, -0.15) is 5.26 Å². The van der Waals surface area contributed by atoms with E-state index in [1.165, 1.54) is 12.1 Å². The molecule has 0 bridgehead atoms. The second-order valence-corrected chi connectivity index (χ2v) is 3.06. The second-order valence-electron chi connectivity index (χ2n) is 2.25. The van der Waals surface area contributed by atoms with Crippen molar-refractivity contribution in [2.24, 2.45) is 0 Å². The summed E-state index contributed by atoms with van der Waals surface area (Å²) in [6, 6.07) is 4.36. The van der Waals surface area contributed by atoms with Gasteiger partial charge in [0.1, 0.15) is 0 Å². The lowest BCUT2D eigenvalue weighted by atomic mass is 10.2. The Hall–Kier alpha value is -1.44. The smallest absolute Gasteiger partial charge is 0.449 e. The largest absolute Gasteiger partial charge is 0.511 e. The molecule has 1 rings (SSSR count). The Balaban J connectivity index is 3.19. The Morgan fingerprint density at radius 2 is 1.93 bits per heavy atom. The summed E-state index contributed by atoms with van der Waals surface area (Å²) in [6.07, 6.45) is -1.52. The molecule has 4 nitrogen and oxygen atoms in total. The predicted octanol–water partition coefficient (Wildman–Crippen LogP) is 2.92. The van der Waals surface area contributed by atoms with Gasteiger partial charge in [0.2, 0.25) is 0 Å². The van der Waals surface area contributed by atoms with Crippen molar-refractivity contribution in [3.63, 3.8) is 0 Å². The summed E-state index contributed by atoms with van der Waals surface area (Å²) in [5.74, 6) is -0.167. The first kappa shape index (κ1) is 10.6. The van der Waals surface area contributed by atoms with E-state index < -0.39 is 6.16 Å². The third-order valence-electron chi connectivity index (χ3n) is 1.32. The molecule has 0 aliphatic carbocycles. The first-order valence-corrected chi connectivity index (χ1v) is 4.10. The molecule has 0 spiro atoms. The number of halogens is 2. The summed E-state index contributed by atoms with van der Waals surface area (Å²) < 4.78 is 4.32. The van der Waals surface area contributed by atoms with Gasteiger partial charge >= 0.3 is 6.16 Å². The van der Waals surface area contributed by atoms with Gasteiger partial charge in [-0.05, 0) is 12.1 Å². The summed E-state index contributed by atoms with van der Waals surface area (Å²) in [5.41, 5.74) is 0.234. The highest BCUT2D eigenvalue weighted by molar-refractivity contribution is 6.37. The maximum atomic E-state index is 10.2. The minimum atomic E-state index is -1.52. The lowest BCUT2D eigenvalue weighted by Gasteiger charge is -2.04. The zero-order valence-corrected chi connectivity index (χ0v) is 8.13. The van der Waals surface area contributed by atoms with Gasteiger partial charge in [-0.25, -0.2) is 4.79 Å². The third-order valence-corrected chi connectivity index (χ3v) is 1.88. The number of nitriles is 1. The van der Waals surface area contributed by atoms with Crippen LogP contribution in [-0.2, 0) is 0 Å². The summed E-state index contributed by atoms with van der Waals surface area (Å²) in [6.45, 7) is 0. The normalized spacial score (nSPS) is 9.21. The molecule has 6 heteroatoms. The Morgan fingerprint density at radius 1 is 1.43 bits per heavy atom. The number of rotatable bonds is 1. The van der Waals surface area contributed by atoms with Gasteiger partial charge in [0, 0.05) is 0 Å². The maximum absolute atomic E-state index is 10.2. The number of carboxylic acid groups (broad SMARTS) is 1. The van der Waals surface area contributed by atoms with E-state index in [1.807, 2.05) is 6.07 Å². The van der Waals surface area contributed by atoms with Crippen LogP contribution < -0.4 is 4.74 Å². The summed E-state index contributed by atoms with van der Waals surface area (Å²) in [4.78, 5) is 10.2. The highest BCUT2D eigenvalue weighted by Crippen LogP contribution is 2.33. The van der Waals surface area contributed by atoms with Crippen molar-refractivity contribution in [1.82, 2.24) is 0 Å². The van der Waals surface area contributed by atoms with Gasteiger partial charge in [0.25, 0.3) is 0 Å². The van der Waals surface area contributed by atoms with Gasteiger partial charge < -0.3 is 9.84 Å². The van der Waals surface area contributed by atoms with Gasteiger partial charge in [0.15, 0.2) is 5.75 Å². The van der Waals surface area contributed by atoms with E-state index in [9.17, 15) is 4.79 Å². The van der Waals surface area contributed by atoms with E-state index in [0.717, 1.165) is 0 Å². The molecule has 1 N–H and O–H groups in total. The topological polar surface area (TPSA) is 70.3 Å². The van der Waals surface area contributed by atoms with E-state index in [-0.39, 0.29) is 21.4 Å². The molecule has 0 saturated heterocycles. The van der Waals surface area contributed by atoms with E-state index in [1.54, 1.807) is 0 Å². The van der Waals surface area contributed by atoms with Crippen molar-refractivity contribution in [3.8, 4) is 11.8 Å². The standard InChI is InChI=1S/C8H3Cl2NO3/c9-5-1-4(3-11)2-6(10)7(5)14-8(12)13/h1-2H,(H,12,13). The molecule has 1 aromatic carbocycles. The average Bonchev–Trinajstić information content (AvgIpc) is 2.10. The van der Waals surface area contributed by atoms with Crippen molar-refractivity contribution in [2.45, 2.75) is 0 Å². The Labute approximate surface area is 89.2 Å². The molecular formula is C8H3Cl2NO3. The quantitative estimate of drug-likeness (QED) is 0.596. The number of hydrogen-bond acceptors (Lipinski definition) is 3. The lowest BCUT2D eigenvalue weighted by Crippen LogP contribution is -2.04. The van der Waals surface area contributed by atoms with Gasteiger partial charge in [-0.3, -0.25) is 0 Å². The molecule has 0 atom stereocenters. The SMILES string of the molecule is N#Cc1cc(Cl)c(OC(=O)O)c(Cl)c1. The molecule has 1 aromatic rings. The van der Waals surface area contributed by atoms with E-state index in [2.05, 4.69) is 4.74 Å². The minimum absolute atomic E-state index is 0.0172. The first-order valence-electron chi connectivity index (χ1n) is 3.34. The van der Waals surface area contributed by atoms with Gasteiger partial charge in [-0.1, -0.05) is 23.2 Å². The minimum Gasteiger partial charge on any atom is -0.449 e. The molecule has 0 radical (unpaired) electrons. The molecular weight excluding hydrogens is 229 g/mol. The lowest BCUT2D eigenvalue weighted by molar-refractivity contribution is 0.144. The Kier molecular flexibility index (Phi) is 3.18. The van der Waals surface area contributed by atoms with Crippen molar-refractivity contribution >= 4 is 29.4 Å². The zero-order chi connectivity index (χ0) is 10.7. The van der Waals surface area contributed by atoms with Crippen LogP contribution in [0.1, 0.15) is 5.56 Å². The molecule has 0 saturated carbocycles. The fourth-order valence-electron chi connectivity index (χ4n) is 0.809. The van der Waals surface area contributed by atoms with Crippen LogP contribution in [-0.4, -0.2) is 11.3 Å². The zero-order valence-electron chi connectivity index (χ0n) is 6.62.